The first-order valence-electron chi connectivity index (χ1n) is 7.82. The van der Waals surface area contributed by atoms with E-state index in [0.29, 0.717) is 18.4 Å². The van der Waals surface area contributed by atoms with Crippen molar-refractivity contribution in [2.75, 3.05) is 13.1 Å². The van der Waals surface area contributed by atoms with Crippen LogP contribution in [-0.2, 0) is 26.3 Å². The Morgan fingerprint density at radius 3 is 2.72 bits per heavy atom. The first-order valence-corrected chi connectivity index (χ1v) is 9.26. The fraction of sp³-hybridized carbons (Fsp3) is 0.375. The number of pyridine rings is 1. The van der Waals surface area contributed by atoms with Gasteiger partial charge in [-0.1, -0.05) is 6.07 Å². The van der Waals surface area contributed by atoms with Crippen molar-refractivity contribution in [3.8, 4) is 0 Å². The van der Waals surface area contributed by atoms with Crippen LogP contribution in [0.2, 0.25) is 0 Å². The molecular formula is C16H19N3O5S. The molecular weight excluding hydrogens is 346 g/mol. The van der Waals surface area contributed by atoms with E-state index >= 15 is 0 Å². The Morgan fingerprint density at radius 1 is 1.32 bits per heavy atom. The molecule has 1 unspecified atom stereocenters. The molecule has 0 radical (unpaired) electrons. The van der Waals surface area contributed by atoms with Crippen LogP contribution in [0.4, 0.5) is 0 Å². The fourth-order valence-corrected chi connectivity index (χ4v) is 4.61. The molecule has 0 aliphatic carbocycles. The second-order valence-corrected chi connectivity index (χ2v) is 7.89. The number of carbonyl (C=O) groups is 1. The molecule has 2 aromatic rings. The summed E-state index contributed by atoms with van der Waals surface area (Å²) < 4.78 is 33.2. The Labute approximate surface area is 144 Å². The Kier molecular flexibility index (Phi) is 4.63. The third-order valence-electron chi connectivity index (χ3n) is 4.19. The number of aromatic nitrogens is 1. The normalized spacial score (nSPS) is 18.6. The first-order chi connectivity index (χ1) is 11.8. The van der Waals surface area contributed by atoms with Gasteiger partial charge in [0.2, 0.25) is 10.0 Å². The van der Waals surface area contributed by atoms with Gasteiger partial charge in [0.05, 0.1) is 4.90 Å². The van der Waals surface area contributed by atoms with Crippen molar-refractivity contribution in [2.45, 2.75) is 31.0 Å². The van der Waals surface area contributed by atoms with Crippen LogP contribution in [-0.4, -0.2) is 42.4 Å². The molecule has 9 heteroatoms. The highest BCUT2D eigenvalue weighted by Gasteiger charge is 2.32. The van der Waals surface area contributed by atoms with Gasteiger partial charge in [-0.2, -0.15) is 4.31 Å². The zero-order valence-electron chi connectivity index (χ0n) is 13.7. The minimum absolute atomic E-state index is 0.0795. The number of nitrogens with zero attached hydrogens (tertiary/aromatic N) is 2. The van der Waals surface area contributed by atoms with Crippen molar-refractivity contribution in [2.24, 2.45) is 5.73 Å². The van der Waals surface area contributed by atoms with Crippen LogP contribution in [0.15, 0.2) is 40.2 Å². The zero-order chi connectivity index (χ0) is 18.2. The van der Waals surface area contributed by atoms with Gasteiger partial charge in [-0.05, 0) is 24.6 Å². The maximum Gasteiger partial charge on any atom is 0.304 e. The third kappa shape index (κ3) is 3.30. The van der Waals surface area contributed by atoms with E-state index in [-0.39, 0.29) is 29.6 Å². The molecule has 0 amide bonds. The highest BCUT2D eigenvalue weighted by atomic mass is 32.2. The molecule has 2 heterocycles. The molecule has 1 fully saturated rings. The summed E-state index contributed by atoms with van der Waals surface area (Å²) >= 11 is 0. The standard InChI is InChI=1S/C16H19N3O5S/c1-11(20)24-10-18-7-6-13-14(16(18)21)3-2-4-15(13)25(22,23)19-8-5-12(17)9-19/h2-4,6-7,12H,5,8-10,17H2,1H3. The van der Waals surface area contributed by atoms with Crippen molar-refractivity contribution < 1.29 is 17.9 Å². The molecule has 1 saturated heterocycles. The summed E-state index contributed by atoms with van der Waals surface area (Å²) in [6, 6.07) is 5.94. The largest absolute Gasteiger partial charge is 0.444 e. The summed E-state index contributed by atoms with van der Waals surface area (Å²) in [6.45, 7) is 1.66. The molecule has 8 nitrogen and oxygen atoms in total. The highest BCUT2D eigenvalue weighted by molar-refractivity contribution is 7.89. The number of fused-ring (bicyclic) bond motifs is 1. The van der Waals surface area contributed by atoms with E-state index < -0.39 is 21.6 Å². The predicted octanol–water partition coefficient (Wildman–Crippen LogP) is 0.244. The van der Waals surface area contributed by atoms with E-state index in [1.165, 1.54) is 34.1 Å². The lowest BCUT2D eigenvalue weighted by molar-refractivity contribution is -0.144. The molecule has 134 valence electrons. The topological polar surface area (TPSA) is 112 Å². The fourth-order valence-electron chi connectivity index (χ4n) is 2.89. The molecule has 0 spiro atoms. The number of carbonyl (C=O) groups excluding carboxylic acids is 1. The van der Waals surface area contributed by atoms with Gasteiger partial charge >= 0.3 is 5.97 Å². The van der Waals surface area contributed by atoms with Crippen molar-refractivity contribution in [3.63, 3.8) is 0 Å². The molecule has 1 aromatic heterocycles. The minimum Gasteiger partial charge on any atom is -0.444 e. The quantitative estimate of drug-likeness (QED) is 0.777. The van der Waals surface area contributed by atoms with Crippen LogP contribution in [0.25, 0.3) is 10.8 Å². The van der Waals surface area contributed by atoms with Crippen LogP contribution in [0.3, 0.4) is 0 Å². The summed E-state index contributed by atoms with van der Waals surface area (Å²) in [4.78, 5) is 23.5. The smallest absolute Gasteiger partial charge is 0.304 e. The molecule has 1 atom stereocenters. The van der Waals surface area contributed by atoms with E-state index in [1.807, 2.05) is 0 Å². The summed E-state index contributed by atoms with van der Waals surface area (Å²) in [5, 5.41) is 0.589. The van der Waals surface area contributed by atoms with Crippen molar-refractivity contribution in [1.82, 2.24) is 8.87 Å². The number of benzene rings is 1. The second-order valence-electron chi connectivity index (χ2n) is 5.98. The lowest BCUT2D eigenvalue weighted by Crippen LogP contribution is -2.32. The van der Waals surface area contributed by atoms with E-state index in [0.717, 1.165) is 0 Å². The van der Waals surface area contributed by atoms with Crippen molar-refractivity contribution in [3.05, 3.63) is 40.8 Å². The number of ether oxygens (including phenoxy) is 1. The van der Waals surface area contributed by atoms with Crippen LogP contribution in [0.5, 0.6) is 0 Å². The number of nitrogens with two attached hydrogens (primary N) is 1. The highest BCUT2D eigenvalue weighted by Crippen LogP contribution is 2.26. The number of sulfonamides is 1. The Morgan fingerprint density at radius 2 is 2.08 bits per heavy atom. The maximum absolute atomic E-state index is 12.9. The third-order valence-corrected chi connectivity index (χ3v) is 6.11. The minimum atomic E-state index is -3.73. The van der Waals surface area contributed by atoms with Gasteiger partial charge in [0.25, 0.3) is 5.56 Å². The van der Waals surface area contributed by atoms with Gasteiger partial charge in [0.1, 0.15) is 0 Å². The Balaban J connectivity index is 2.07. The van der Waals surface area contributed by atoms with E-state index in [2.05, 4.69) is 0 Å². The van der Waals surface area contributed by atoms with Crippen molar-refractivity contribution >= 4 is 26.8 Å². The number of esters is 1. The van der Waals surface area contributed by atoms with Gasteiger partial charge in [-0.15, -0.1) is 0 Å². The van der Waals surface area contributed by atoms with Gasteiger partial charge in [-0.25, -0.2) is 8.42 Å². The lowest BCUT2D eigenvalue weighted by atomic mass is 10.2. The summed E-state index contributed by atoms with van der Waals surface area (Å²) in [5.41, 5.74) is 5.39. The van der Waals surface area contributed by atoms with Crippen LogP contribution in [0, 0.1) is 0 Å². The summed E-state index contributed by atoms with van der Waals surface area (Å²) in [7, 11) is -3.73. The van der Waals surface area contributed by atoms with E-state index in [1.54, 1.807) is 12.1 Å². The molecule has 0 bridgehead atoms. The average Bonchev–Trinajstić information content (AvgIpc) is 3.01. The van der Waals surface area contributed by atoms with E-state index in [4.69, 9.17) is 10.5 Å². The van der Waals surface area contributed by atoms with Gasteiger partial charge in [0, 0.05) is 43.0 Å². The van der Waals surface area contributed by atoms with E-state index in [9.17, 15) is 18.0 Å². The number of rotatable bonds is 4. The zero-order valence-corrected chi connectivity index (χ0v) is 14.5. The van der Waals surface area contributed by atoms with Crippen LogP contribution < -0.4 is 11.3 Å². The molecule has 2 N–H and O–H groups in total. The lowest BCUT2D eigenvalue weighted by Gasteiger charge is -2.17. The molecule has 3 rings (SSSR count). The molecule has 25 heavy (non-hydrogen) atoms. The van der Waals surface area contributed by atoms with Crippen molar-refractivity contribution in [1.29, 1.82) is 0 Å². The van der Waals surface area contributed by atoms with Crippen LogP contribution in [0.1, 0.15) is 13.3 Å². The summed E-state index contributed by atoms with van der Waals surface area (Å²) in [6.07, 6.45) is 2.03. The average molecular weight is 365 g/mol. The second kappa shape index (κ2) is 6.58. The summed E-state index contributed by atoms with van der Waals surface area (Å²) in [5.74, 6) is -0.506. The van der Waals surface area contributed by atoms with Gasteiger partial charge in [-0.3, -0.25) is 14.2 Å². The molecule has 1 aliphatic rings. The SMILES string of the molecule is CC(=O)OCn1ccc2c(S(=O)(=O)N3CCC(N)C3)cccc2c1=O. The molecule has 1 aromatic carbocycles. The molecule has 1 aliphatic heterocycles. The first kappa shape index (κ1) is 17.6. The maximum atomic E-state index is 12.9. The van der Waals surface area contributed by atoms with Crippen LogP contribution >= 0.6 is 0 Å². The van der Waals surface area contributed by atoms with Gasteiger partial charge in [0.15, 0.2) is 6.73 Å². The number of hydrogen-bond acceptors (Lipinski definition) is 6. The Hall–Kier alpha value is -2.23. The Bertz CT molecular complexity index is 983. The monoisotopic (exact) mass is 365 g/mol. The van der Waals surface area contributed by atoms with Gasteiger partial charge < -0.3 is 10.5 Å². The predicted molar refractivity (Wildman–Crippen MR) is 91.3 cm³/mol. The molecule has 0 saturated carbocycles. The number of hydrogen-bond donors (Lipinski definition) is 1.